The van der Waals surface area contributed by atoms with Gasteiger partial charge < -0.3 is 14.8 Å². The average Bonchev–Trinajstić information content (AvgIpc) is 2.82. The Hall–Kier alpha value is -3.48. The van der Waals surface area contributed by atoms with Crippen LogP contribution in [0.15, 0.2) is 70.7 Å². The van der Waals surface area contributed by atoms with Gasteiger partial charge in [-0.2, -0.15) is 18.4 Å². The van der Waals surface area contributed by atoms with Crippen molar-refractivity contribution in [1.82, 2.24) is 0 Å². The fourth-order valence-corrected chi connectivity index (χ4v) is 3.78. The normalized spacial score (nSPS) is 11.5. The summed E-state index contributed by atoms with van der Waals surface area (Å²) in [5.74, 6) is -0.147. The van der Waals surface area contributed by atoms with Gasteiger partial charge in [0.25, 0.3) is 5.91 Å². The summed E-state index contributed by atoms with van der Waals surface area (Å²) in [5.41, 5.74) is -0.132. The number of nitriles is 1. The van der Waals surface area contributed by atoms with Crippen molar-refractivity contribution in [3.05, 3.63) is 92.4 Å². The Morgan fingerprint density at radius 1 is 1.17 bits per heavy atom. The molecule has 0 bridgehead atoms. The minimum Gasteiger partial charge on any atom is -0.493 e. The maximum Gasteiger partial charge on any atom is 0.416 e. The van der Waals surface area contributed by atoms with E-state index < -0.39 is 17.6 Å². The number of ether oxygens (including phenoxy) is 2. The Morgan fingerprint density at radius 3 is 2.57 bits per heavy atom. The molecule has 0 aliphatic heterocycles. The molecule has 0 heterocycles. The largest absolute Gasteiger partial charge is 0.493 e. The van der Waals surface area contributed by atoms with Crippen LogP contribution < -0.4 is 14.8 Å². The van der Waals surface area contributed by atoms with E-state index >= 15 is 0 Å². The Morgan fingerprint density at radius 2 is 1.91 bits per heavy atom. The molecule has 180 valence electrons. The number of nitrogens with one attached hydrogen (secondary N) is 1. The number of carbonyl (C=O) groups is 1. The second-order valence-corrected chi connectivity index (χ2v) is 8.38. The number of alkyl halides is 3. The summed E-state index contributed by atoms with van der Waals surface area (Å²) in [7, 11) is 1.43. The highest BCUT2D eigenvalue weighted by molar-refractivity contribution is 9.10. The summed E-state index contributed by atoms with van der Waals surface area (Å²) < 4.78 is 50.5. The van der Waals surface area contributed by atoms with Crippen molar-refractivity contribution in [3.63, 3.8) is 0 Å². The third-order valence-electron chi connectivity index (χ3n) is 4.71. The molecule has 0 fully saturated rings. The van der Waals surface area contributed by atoms with Gasteiger partial charge in [-0.3, -0.25) is 4.79 Å². The monoisotopic (exact) mass is 564 g/mol. The molecular formula is C25H17BrClF3N2O3. The van der Waals surface area contributed by atoms with Crippen molar-refractivity contribution >= 4 is 45.2 Å². The van der Waals surface area contributed by atoms with Crippen LogP contribution in [0.25, 0.3) is 6.08 Å². The van der Waals surface area contributed by atoms with Crippen LogP contribution >= 0.6 is 27.5 Å². The Bertz CT molecular complexity index is 1320. The number of hydrogen-bond acceptors (Lipinski definition) is 4. The van der Waals surface area contributed by atoms with Gasteiger partial charge in [0.15, 0.2) is 11.5 Å². The van der Waals surface area contributed by atoms with Crippen molar-refractivity contribution in [3.8, 4) is 17.6 Å². The second-order valence-electron chi connectivity index (χ2n) is 7.12. The van der Waals surface area contributed by atoms with Crippen LogP contribution in [0.3, 0.4) is 0 Å². The van der Waals surface area contributed by atoms with Gasteiger partial charge >= 0.3 is 6.18 Å². The number of anilines is 1. The summed E-state index contributed by atoms with van der Waals surface area (Å²) in [6, 6.07) is 16.3. The van der Waals surface area contributed by atoms with E-state index in [0.29, 0.717) is 26.6 Å². The van der Waals surface area contributed by atoms with Gasteiger partial charge in [0.05, 0.1) is 17.1 Å². The fraction of sp³-hybridized carbons (Fsp3) is 0.120. The summed E-state index contributed by atoms with van der Waals surface area (Å²) in [5, 5.41) is 12.3. The first-order valence-electron chi connectivity index (χ1n) is 9.96. The van der Waals surface area contributed by atoms with Crippen LogP contribution in [0.5, 0.6) is 11.5 Å². The van der Waals surface area contributed by atoms with E-state index in [4.69, 9.17) is 21.1 Å². The number of methoxy groups -OCH3 is 1. The topological polar surface area (TPSA) is 71.3 Å². The maximum absolute atomic E-state index is 12.9. The molecule has 0 saturated carbocycles. The summed E-state index contributed by atoms with van der Waals surface area (Å²) in [6.07, 6.45) is -3.28. The highest BCUT2D eigenvalue weighted by Gasteiger charge is 2.30. The molecule has 1 amide bonds. The van der Waals surface area contributed by atoms with Crippen molar-refractivity contribution < 1.29 is 27.4 Å². The Kier molecular flexibility index (Phi) is 8.43. The predicted octanol–water partition coefficient (Wildman–Crippen LogP) is 7.25. The molecule has 3 aromatic carbocycles. The molecule has 0 atom stereocenters. The average molecular weight is 566 g/mol. The lowest BCUT2D eigenvalue weighted by Crippen LogP contribution is -2.14. The lowest BCUT2D eigenvalue weighted by atomic mass is 10.1. The number of hydrogen-bond donors (Lipinski definition) is 1. The van der Waals surface area contributed by atoms with E-state index in [1.54, 1.807) is 30.3 Å². The maximum atomic E-state index is 12.9. The minimum absolute atomic E-state index is 0.0898. The molecule has 0 aliphatic carbocycles. The standard InChI is InChI=1S/C25H17BrClF3N2O3/c1-34-22-11-15(10-20(26)23(22)35-14-16-5-2-3-8-21(16)27)9-17(13-31)24(33)32-19-7-4-6-18(12-19)25(28,29)30/h2-12H,14H2,1H3,(H,32,33)/b17-9+. The molecule has 0 radical (unpaired) electrons. The SMILES string of the molecule is COc1cc(/C=C(\C#N)C(=O)Nc2cccc(C(F)(F)F)c2)cc(Br)c1OCc1ccccc1Cl. The van der Waals surface area contributed by atoms with E-state index in [-0.39, 0.29) is 17.9 Å². The van der Waals surface area contributed by atoms with Crippen LogP contribution in [-0.2, 0) is 17.6 Å². The van der Waals surface area contributed by atoms with E-state index in [1.165, 1.54) is 19.3 Å². The molecule has 0 saturated heterocycles. The quantitative estimate of drug-likeness (QED) is 0.242. The minimum atomic E-state index is -4.56. The number of carbonyl (C=O) groups excluding carboxylic acids is 1. The van der Waals surface area contributed by atoms with Crippen LogP contribution in [0.1, 0.15) is 16.7 Å². The molecule has 10 heteroatoms. The second kappa shape index (κ2) is 11.3. The van der Waals surface area contributed by atoms with Gasteiger partial charge in [0.1, 0.15) is 18.2 Å². The lowest BCUT2D eigenvalue weighted by molar-refractivity contribution is -0.137. The zero-order valence-corrected chi connectivity index (χ0v) is 20.5. The predicted molar refractivity (Wildman–Crippen MR) is 130 cm³/mol. The van der Waals surface area contributed by atoms with E-state index in [1.807, 2.05) is 12.1 Å². The van der Waals surface area contributed by atoms with Crippen LogP contribution in [0.4, 0.5) is 18.9 Å². The van der Waals surface area contributed by atoms with Gasteiger partial charge in [-0.25, -0.2) is 0 Å². The third-order valence-corrected chi connectivity index (χ3v) is 5.66. The highest BCUT2D eigenvalue weighted by Crippen LogP contribution is 2.38. The number of benzene rings is 3. The van der Waals surface area contributed by atoms with Crippen LogP contribution in [0, 0.1) is 11.3 Å². The number of amides is 1. The summed E-state index contributed by atoms with van der Waals surface area (Å²) in [4.78, 5) is 12.5. The molecule has 5 nitrogen and oxygen atoms in total. The van der Waals surface area contributed by atoms with Gasteiger partial charge in [0.2, 0.25) is 0 Å². The van der Waals surface area contributed by atoms with Gasteiger partial charge in [0, 0.05) is 16.3 Å². The molecule has 3 aromatic rings. The number of rotatable bonds is 7. The first kappa shape index (κ1) is 26.1. The lowest BCUT2D eigenvalue weighted by Gasteiger charge is -2.14. The van der Waals surface area contributed by atoms with Crippen molar-refractivity contribution in [1.29, 1.82) is 5.26 Å². The van der Waals surface area contributed by atoms with Crippen LogP contribution in [-0.4, -0.2) is 13.0 Å². The van der Waals surface area contributed by atoms with Crippen molar-refractivity contribution in [2.75, 3.05) is 12.4 Å². The zero-order valence-electron chi connectivity index (χ0n) is 18.1. The van der Waals surface area contributed by atoms with Gasteiger partial charge in [-0.05, 0) is 64.0 Å². The molecular weight excluding hydrogens is 549 g/mol. The van der Waals surface area contributed by atoms with Crippen LogP contribution in [0.2, 0.25) is 5.02 Å². The first-order chi connectivity index (χ1) is 16.6. The number of halogens is 5. The van der Waals surface area contributed by atoms with Gasteiger partial charge in [-0.1, -0.05) is 35.9 Å². The van der Waals surface area contributed by atoms with Crippen molar-refractivity contribution in [2.45, 2.75) is 12.8 Å². The molecule has 0 spiro atoms. The molecule has 0 aromatic heterocycles. The summed E-state index contributed by atoms with van der Waals surface area (Å²) in [6.45, 7) is 0.173. The summed E-state index contributed by atoms with van der Waals surface area (Å²) >= 11 is 9.57. The smallest absolute Gasteiger partial charge is 0.416 e. The zero-order chi connectivity index (χ0) is 25.6. The van der Waals surface area contributed by atoms with E-state index in [2.05, 4.69) is 21.2 Å². The first-order valence-corrected chi connectivity index (χ1v) is 11.1. The molecule has 3 rings (SSSR count). The molecule has 0 aliphatic rings. The van der Waals surface area contributed by atoms with Crippen molar-refractivity contribution in [2.24, 2.45) is 0 Å². The highest BCUT2D eigenvalue weighted by atomic mass is 79.9. The van der Waals surface area contributed by atoms with E-state index in [9.17, 15) is 23.2 Å². The fourth-order valence-electron chi connectivity index (χ4n) is 3.02. The molecule has 0 unspecified atom stereocenters. The van der Waals surface area contributed by atoms with E-state index in [0.717, 1.165) is 23.8 Å². The Labute approximate surface area is 212 Å². The van der Waals surface area contributed by atoms with Gasteiger partial charge in [-0.15, -0.1) is 0 Å². The molecule has 1 N–H and O–H groups in total. The number of nitrogens with zero attached hydrogens (tertiary/aromatic N) is 1. The molecule has 35 heavy (non-hydrogen) atoms. The Balaban J connectivity index is 1.83. The third kappa shape index (κ3) is 6.78.